The highest BCUT2D eigenvalue weighted by Gasteiger charge is 2.24. The van der Waals surface area contributed by atoms with Crippen molar-refractivity contribution in [2.45, 2.75) is 26.4 Å². The first-order valence-electron chi connectivity index (χ1n) is 8.20. The maximum absolute atomic E-state index is 12.4. The van der Waals surface area contributed by atoms with Crippen LogP contribution in [0.25, 0.3) is 0 Å². The van der Waals surface area contributed by atoms with Crippen LogP contribution in [0, 0.1) is 5.92 Å². The van der Waals surface area contributed by atoms with E-state index in [2.05, 4.69) is 15.6 Å². The molecule has 0 saturated carbocycles. The first-order chi connectivity index (χ1) is 12.1. The van der Waals surface area contributed by atoms with Crippen molar-refractivity contribution < 1.29 is 14.3 Å². The van der Waals surface area contributed by atoms with E-state index < -0.39 is 6.04 Å². The Bertz CT molecular complexity index is 675. The number of rotatable bonds is 8. The number of carbonyl (C=O) groups excluding carboxylic acids is 2. The molecule has 2 N–H and O–H groups in total. The first-order valence-corrected chi connectivity index (χ1v) is 8.20. The minimum Gasteiger partial charge on any atom is -0.484 e. The zero-order valence-electron chi connectivity index (χ0n) is 14.4. The third-order valence-corrected chi connectivity index (χ3v) is 3.59. The largest absolute Gasteiger partial charge is 0.484 e. The number of benzene rings is 1. The Kier molecular flexibility index (Phi) is 6.95. The maximum atomic E-state index is 12.4. The van der Waals surface area contributed by atoms with Crippen molar-refractivity contribution in [3.63, 3.8) is 0 Å². The molecule has 0 spiro atoms. The summed E-state index contributed by atoms with van der Waals surface area (Å²) in [6.07, 6.45) is 3.34. The van der Waals surface area contributed by atoms with E-state index in [-0.39, 0.29) is 24.3 Å². The topological polar surface area (TPSA) is 80.3 Å². The van der Waals surface area contributed by atoms with Crippen LogP contribution in [-0.2, 0) is 16.1 Å². The SMILES string of the molecule is CC(C)[C@@H](NC(=O)COc1ccccc1)C(=O)NCc1ccncc1. The molecule has 2 aromatic rings. The van der Waals surface area contributed by atoms with Crippen molar-refractivity contribution in [1.82, 2.24) is 15.6 Å². The van der Waals surface area contributed by atoms with Crippen LogP contribution in [0.2, 0.25) is 0 Å². The van der Waals surface area contributed by atoms with Gasteiger partial charge in [-0.15, -0.1) is 0 Å². The summed E-state index contributed by atoms with van der Waals surface area (Å²) in [6, 6.07) is 12.1. The van der Waals surface area contributed by atoms with Crippen LogP contribution >= 0.6 is 0 Å². The van der Waals surface area contributed by atoms with E-state index in [1.165, 1.54) is 0 Å². The monoisotopic (exact) mass is 341 g/mol. The highest BCUT2D eigenvalue weighted by molar-refractivity contribution is 5.88. The van der Waals surface area contributed by atoms with Crippen molar-refractivity contribution >= 4 is 11.8 Å². The van der Waals surface area contributed by atoms with E-state index in [0.717, 1.165) is 5.56 Å². The fourth-order valence-corrected chi connectivity index (χ4v) is 2.22. The minimum absolute atomic E-state index is 0.0434. The molecule has 1 atom stereocenters. The van der Waals surface area contributed by atoms with Gasteiger partial charge >= 0.3 is 0 Å². The van der Waals surface area contributed by atoms with Crippen molar-refractivity contribution in [3.8, 4) is 5.75 Å². The van der Waals surface area contributed by atoms with Crippen LogP contribution < -0.4 is 15.4 Å². The van der Waals surface area contributed by atoms with Gasteiger partial charge in [-0.3, -0.25) is 14.6 Å². The van der Waals surface area contributed by atoms with Gasteiger partial charge in [0.05, 0.1) is 0 Å². The summed E-state index contributed by atoms with van der Waals surface area (Å²) in [5.74, 6) is 0.0143. The van der Waals surface area contributed by atoms with Crippen LogP contribution in [0.15, 0.2) is 54.9 Å². The quantitative estimate of drug-likeness (QED) is 0.769. The molecule has 2 rings (SSSR count). The minimum atomic E-state index is -0.617. The predicted molar refractivity (Wildman–Crippen MR) is 94.8 cm³/mol. The molecule has 0 aliphatic heterocycles. The van der Waals surface area contributed by atoms with E-state index in [1.807, 2.05) is 44.2 Å². The Morgan fingerprint density at radius 3 is 2.40 bits per heavy atom. The normalized spacial score (nSPS) is 11.6. The van der Waals surface area contributed by atoms with Crippen LogP contribution in [0.3, 0.4) is 0 Å². The predicted octanol–water partition coefficient (Wildman–Crippen LogP) is 1.92. The molecule has 6 heteroatoms. The average Bonchev–Trinajstić information content (AvgIpc) is 2.64. The molecule has 0 aliphatic rings. The average molecular weight is 341 g/mol. The molecular weight excluding hydrogens is 318 g/mol. The lowest BCUT2D eigenvalue weighted by molar-refractivity contribution is -0.131. The summed E-state index contributed by atoms with van der Waals surface area (Å²) in [7, 11) is 0. The number of carbonyl (C=O) groups is 2. The second-order valence-electron chi connectivity index (χ2n) is 5.96. The van der Waals surface area contributed by atoms with Crippen molar-refractivity contribution in [1.29, 1.82) is 0 Å². The molecule has 0 fully saturated rings. The number of hydrogen-bond donors (Lipinski definition) is 2. The van der Waals surface area contributed by atoms with Gasteiger partial charge in [-0.1, -0.05) is 32.0 Å². The van der Waals surface area contributed by atoms with Crippen molar-refractivity contribution in [2.24, 2.45) is 5.92 Å². The number of aromatic nitrogens is 1. The molecule has 2 amide bonds. The lowest BCUT2D eigenvalue weighted by atomic mass is 10.0. The van der Waals surface area contributed by atoms with Gasteiger partial charge in [0, 0.05) is 18.9 Å². The van der Waals surface area contributed by atoms with Gasteiger partial charge in [0.2, 0.25) is 5.91 Å². The van der Waals surface area contributed by atoms with Gasteiger partial charge in [0.25, 0.3) is 5.91 Å². The smallest absolute Gasteiger partial charge is 0.258 e. The van der Waals surface area contributed by atoms with E-state index in [0.29, 0.717) is 12.3 Å². The van der Waals surface area contributed by atoms with Crippen molar-refractivity contribution in [3.05, 3.63) is 60.4 Å². The van der Waals surface area contributed by atoms with E-state index in [9.17, 15) is 9.59 Å². The number of amides is 2. The molecule has 0 saturated heterocycles. The Hall–Kier alpha value is -2.89. The van der Waals surface area contributed by atoms with E-state index in [1.54, 1.807) is 24.5 Å². The summed E-state index contributed by atoms with van der Waals surface area (Å²) in [4.78, 5) is 28.4. The second-order valence-corrected chi connectivity index (χ2v) is 5.96. The second kappa shape index (κ2) is 9.42. The number of nitrogens with zero attached hydrogens (tertiary/aromatic N) is 1. The van der Waals surface area contributed by atoms with Gasteiger partial charge < -0.3 is 15.4 Å². The Morgan fingerprint density at radius 2 is 1.76 bits per heavy atom. The Labute approximate surface area is 147 Å². The fourth-order valence-electron chi connectivity index (χ4n) is 2.22. The molecule has 25 heavy (non-hydrogen) atoms. The molecule has 1 aromatic carbocycles. The molecule has 0 bridgehead atoms. The lowest BCUT2D eigenvalue weighted by Gasteiger charge is -2.21. The molecule has 0 radical (unpaired) electrons. The molecule has 132 valence electrons. The third kappa shape index (κ3) is 6.25. The fraction of sp³-hybridized carbons (Fsp3) is 0.316. The first kappa shape index (κ1) is 18.4. The summed E-state index contributed by atoms with van der Waals surface area (Å²) in [6.45, 7) is 4.02. The number of ether oxygens (including phenoxy) is 1. The summed E-state index contributed by atoms with van der Waals surface area (Å²) < 4.78 is 5.41. The zero-order valence-corrected chi connectivity index (χ0v) is 14.4. The van der Waals surface area contributed by atoms with Crippen LogP contribution in [-0.4, -0.2) is 29.4 Å². The summed E-state index contributed by atoms with van der Waals surface area (Å²) in [5.41, 5.74) is 0.949. The molecule has 6 nitrogen and oxygen atoms in total. The van der Waals surface area contributed by atoms with E-state index in [4.69, 9.17) is 4.74 Å². The standard InChI is InChI=1S/C19H23N3O3/c1-14(2)18(19(24)21-12-15-8-10-20-11-9-15)22-17(23)13-25-16-6-4-3-5-7-16/h3-11,14,18H,12-13H2,1-2H3,(H,21,24)(H,22,23)/t18-/m1/s1. The van der Waals surface area contributed by atoms with Gasteiger partial charge in [0.15, 0.2) is 6.61 Å². The van der Waals surface area contributed by atoms with Gasteiger partial charge in [0.1, 0.15) is 11.8 Å². The van der Waals surface area contributed by atoms with Crippen LogP contribution in [0.4, 0.5) is 0 Å². The Morgan fingerprint density at radius 1 is 1.08 bits per heavy atom. The molecular formula is C19H23N3O3. The molecule has 0 unspecified atom stereocenters. The lowest BCUT2D eigenvalue weighted by Crippen LogP contribution is -2.50. The van der Waals surface area contributed by atoms with Crippen LogP contribution in [0.5, 0.6) is 5.75 Å². The van der Waals surface area contributed by atoms with Gasteiger partial charge in [-0.25, -0.2) is 0 Å². The number of hydrogen-bond acceptors (Lipinski definition) is 4. The molecule has 1 aromatic heterocycles. The summed E-state index contributed by atoms with van der Waals surface area (Å²) >= 11 is 0. The van der Waals surface area contributed by atoms with Gasteiger partial charge in [-0.05, 0) is 35.7 Å². The van der Waals surface area contributed by atoms with Crippen molar-refractivity contribution in [2.75, 3.05) is 6.61 Å². The highest BCUT2D eigenvalue weighted by Crippen LogP contribution is 2.08. The Balaban J connectivity index is 1.84. The molecule has 0 aliphatic carbocycles. The molecule has 1 heterocycles. The third-order valence-electron chi connectivity index (χ3n) is 3.59. The number of para-hydroxylation sites is 1. The number of pyridine rings is 1. The maximum Gasteiger partial charge on any atom is 0.258 e. The highest BCUT2D eigenvalue weighted by atomic mass is 16.5. The summed E-state index contributed by atoms with van der Waals surface area (Å²) in [5, 5.41) is 5.57. The van der Waals surface area contributed by atoms with Crippen LogP contribution in [0.1, 0.15) is 19.4 Å². The van der Waals surface area contributed by atoms with E-state index >= 15 is 0 Å². The van der Waals surface area contributed by atoms with Gasteiger partial charge in [-0.2, -0.15) is 0 Å². The number of nitrogens with one attached hydrogen (secondary N) is 2. The zero-order chi connectivity index (χ0) is 18.1.